The van der Waals surface area contributed by atoms with Crippen LogP contribution in [0.15, 0.2) is 48.7 Å². The molecule has 1 fully saturated rings. The van der Waals surface area contributed by atoms with Crippen molar-refractivity contribution in [3.8, 4) is 22.6 Å². The molecule has 0 atom stereocenters. The monoisotopic (exact) mass is 377 g/mol. The van der Waals surface area contributed by atoms with Crippen LogP contribution >= 0.6 is 0 Å². The summed E-state index contributed by atoms with van der Waals surface area (Å²) < 4.78 is 5.25. The van der Waals surface area contributed by atoms with Crippen LogP contribution in [0.3, 0.4) is 0 Å². The van der Waals surface area contributed by atoms with E-state index in [1.807, 2.05) is 24.4 Å². The number of phenolic OH excluding ortho intramolecular Hbond substituents is 1. The summed E-state index contributed by atoms with van der Waals surface area (Å²) in [7, 11) is 3.76. The number of rotatable bonds is 5. The van der Waals surface area contributed by atoms with Crippen LogP contribution in [-0.2, 0) is 0 Å². The van der Waals surface area contributed by atoms with E-state index >= 15 is 0 Å². The maximum absolute atomic E-state index is 9.86. The summed E-state index contributed by atoms with van der Waals surface area (Å²) in [5.41, 5.74) is 4.17. The number of likely N-dealkylation sites (tertiary alicyclic amines) is 1. The van der Waals surface area contributed by atoms with Gasteiger partial charge in [-0.3, -0.25) is 4.98 Å². The summed E-state index contributed by atoms with van der Waals surface area (Å²) in [6.45, 7) is 3.34. The number of fused-ring (bicyclic) bond motifs is 1. The van der Waals surface area contributed by atoms with Gasteiger partial charge in [-0.25, -0.2) is 0 Å². The van der Waals surface area contributed by atoms with Gasteiger partial charge in [0.05, 0.1) is 12.6 Å². The fraction of sp³-hybridized carbons (Fsp3) is 0.348. The third-order valence-electron chi connectivity index (χ3n) is 5.67. The number of pyridine rings is 1. The van der Waals surface area contributed by atoms with Crippen LogP contribution in [0.4, 0.5) is 5.69 Å². The molecule has 146 valence electrons. The molecule has 3 aromatic rings. The van der Waals surface area contributed by atoms with Gasteiger partial charge in [0.2, 0.25) is 0 Å². The highest BCUT2D eigenvalue weighted by molar-refractivity contribution is 5.94. The van der Waals surface area contributed by atoms with Crippen molar-refractivity contribution in [3.05, 3.63) is 48.7 Å². The molecule has 1 aliphatic heterocycles. The van der Waals surface area contributed by atoms with E-state index in [9.17, 15) is 5.11 Å². The maximum atomic E-state index is 9.86. The van der Waals surface area contributed by atoms with Gasteiger partial charge in [0.15, 0.2) is 11.5 Å². The summed E-state index contributed by atoms with van der Waals surface area (Å²) in [6, 6.07) is 13.7. The van der Waals surface area contributed by atoms with Crippen LogP contribution in [0, 0.1) is 5.92 Å². The van der Waals surface area contributed by atoms with E-state index in [-0.39, 0.29) is 5.75 Å². The minimum Gasteiger partial charge on any atom is -0.504 e. The predicted molar refractivity (Wildman–Crippen MR) is 114 cm³/mol. The number of aromatic hydroxyl groups is 1. The van der Waals surface area contributed by atoms with Crippen molar-refractivity contribution in [3.63, 3.8) is 0 Å². The lowest BCUT2D eigenvalue weighted by atomic mass is 9.97. The third-order valence-corrected chi connectivity index (χ3v) is 5.67. The van der Waals surface area contributed by atoms with Crippen molar-refractivity contribution in [2.24, 2.45) is 5.92 Å². The predicted octanol–water partition coefficient (Wildman–Crippen LogP) is 4.37. The molecule has 0 unspecified atom stereocenters. The molecule has 2 aromatic carbocycles. The van der Waals surface area contributed by atoms with Crippen LogP contribution in [0.5, 0.6) is 11.5 Å². The van der Waals surface area contributed by atoms with Crippen molar-refractivity contribution in [2.75, 3.05) is 39.1 Å². The molecule has 5 nitrogen and oxygen atoms in total. The minimum atomic E-state index is 0.147. The van der Waals surface area contributed by atoms with Crippen LogP contribution in [-0.4, -0.2) is 48.8 Å². The Morgan fingerprint density at radius 3 is 2.64 bits per heavy atom. The first-order valence-corrected chi connectivity index (χ1v) is 9.82. The second kappa shape index (κ2) is 8.07. The molecular formula is C23H27N3O2. The van der Waals surface area contributed by atoms with Gasteiger partial charge in [0.1, 0.15) is 0 Å². The number of methoxy groups -OCH3 is 1. The molecule has 2 N–H and O–H groups in total. The second-order valence-electron chi connectivity index (χ2n) is 7.60. The highest BCUT2D eigenvalue weighted by Crippen LogP contribution is 2.34. The molecule has 1 aliphatic rings. The number of nitrogens with one attached hydrogen (secondary N) is 1. The number of hydrogen-bond donors (Lipinski definition) is 2. The normalized spacial score (nSPS) is 15.6. The molecule has 0 aliphatic carbocycles. The van der Waals surface area contributed by atoms with Gasteiger partial charge < -0.3 is 20.1 Å². The summed E-state index contributed by atoms with van der Waals surface area (Å²) in [5, 5.41) is 14.6. The van der Waals surface area contributed by atoms with E-state index in [1.54, 1.807) is 13.2 Å². The van der Waals surface area contributed by atoms with E-state index in [0.717, 1.165) is 34.3 Å². The Labute approximate surface area is 166 Å². The number of piperidine rings is 1. The lowest BCUT2D eigenvalue weighted by Gasteiger charge is -2.29. The van der Waals surface area contributed by atoms with Crippen molar-refractivity contribution in [2.45, 2.75) is 12.8 Å². The fourth-order valence-electron chi connectivity index (χ4n) is 3.86. The van der Waals surface area contributed by atoms with E-state index in [2.05, 4.69) is 40.4 Å². The number of ether oxygens (including phenoxy) is 1. The second-order valence-corrected chi connectivity index (χ2v) is 7.60. The van der Waals surface area contributed by atoms with E-state index in [1.165, 1.54) is 25.9 Å². The molecule has 4 rings (SSSR count). The minimum absolute atomic E-state index is 0.147. The van der Waals surface area contributed by atoms with Crippen LogP contribution in [0.1, 0.15) is 12.8 Å². The number of hydrogen-bond acceptors (Lipinski definition) is 5. The number of benzene rings is 2. The average molecular weight is 377 g/mol. The van der Waals surface area contributed by atoms with Gasteiger partial charge in [0, 0.05) is 23.8 Å². The highest BCUT2D eigenvalue weighted by atomic mass is 16.5. The Hall–Kier alpha value is -2.79. The molecule has 0 bridgehead atoms. The Balaban J connectivity index is 1.60. The quantitative estimate of drug-likeness (QED) is 0.691. The highest BCUT2D eigenvalue weighted by Gasteiger charge is 2.16. The lowest BCUT2D eigenvalue weighted by Crippen LogP contribution is -2.32. The third kappa shape index (κ3) is 3.90. The molecule has 0 spiro atoms. The zero-order chi connectivity index (χ0) is 19.5. The van der Waals surface area contributed by atoms with Crippen molar-refractivity contribution in [1.29, 1.82) is 0 Å². The zero-order valence-electron chi connectivity index (χ0n) is 16.5. The van der Waals surface area contributed by atoms with Gasteiger partial charge >= 0.3 is 0 Å². The Bertz CT molecular complexity index is 965. The summed E-state index contributed by atoms with van der Waals surface area (Å²) in [4.78, 5) is 6.92. The zero-order valence-corrected chi connectivity index (χ0v) is 16.5. The Morgan fingerprint density at radius 2 is 1.86 bits per heavy atom. The van der Waals surface area contributed by atoms with E-state index in [4.69, 9.17) is 4.74 Å². The van der Waals surface area contributed by atoms with Crippen LogP contribution < -0.4 is 10.1 Å². The Kier molecular flexibility index (Phi) is 5.35. The number of nitrogens with zero attached hydrogens (tertiary/aromatic N) is 2. The Morgan fingerprint density at radius 1 is 1.11 bits per heavy atom. The number of aromatic nitrogens is 1. The first kappa shape index (κ1) is 18.6. The number of phenols is 1. The summed E-state index contributed by atoms with van der Waals surface area (Å²) >= 11 is 0. The standard InChI is InChI=1S/C23H27N3O2/c1-26-11-8-16(9-12-26)15-25-21-7-10-24-20-5-3-17(13-19(20)21)18-4-6-22(27)23(14-18)28-2/h3-7,10,13-14,16,27H,8-9,11-12,15H2,1-2H3,(H,24,25). The molecule has 0 radical (unpaired) electrons. The molecule has 1 saturated heterocycles. The summed E-state index contributed by atoms with van der Waals surface area (Å²) in [6.07, 6.45) is 4.35. The largest absolute Gasteiger partial charge is 0.504 e. The average Bonchev–Trinajstić information content (AvgIpc) is 2.73. The van der Waals surface area contributed by atoms with Gasteiger partial charge in [-0.1, -0.05) is 12.1 Å². The van der Waals surface area contributed by atoms with Crippen LogP contribution in [0.25, 0.3) is 22.0 Å². The molecule has 2 heterocycles. The summed E-state index contributed by atoms with van der Waals surface area (Å²) in [5.74, 6) is 1.34. The topological polar surface area (TPSA) is 57.6 Å². The first-order chi connectivity index (χ1) is 13.6. The van der Waals surface area contributed by atoms with Crippen molar-refractivity contribution in [1.82, 2.24) is 9.88 Å². The smallest absolute Gasteiger partial charge is 0.161 e. The van der Waals surface area contributed by atoms with E-state index in [0.29, 0.717) is 11.7 Å². The van der Waals surface area contributed by atoms with Gasteiger partial charge in [-0.15, -0.1) is 0 Å². The SMILES string of the molecule is COc1cc(-c2ccc3nccc(NCC4CCN(C)CC4)c3c2)ccc1O. The van der Waals surface area contributed by atoms with Gasteiger partial charge in [0.25, 0.3) is 0 Å². The number of anilines is 1. The van der Waals surface area contributed by atoms with Gasteiger partial charge in [-0.05, 0) is 80.4 Å². The molecule has 28 heavy (non-hydrogen) atoms. The van der Waals surface area contributed by atoms with E-state index < -0.39 is 0 Å². The van der Waals surface area contributed by atoms with Gasteiger partial charge in [-0.2, -0.15) is 0 Å². The molecule has 5 heteroatoms. The molecule has 1 aromatic heterocycles. The first-order valence-electron chi connectivity index (χ1n) is 9.82. The molecule has 0 saturated carbocycles. The molecule has 0 amide bonds. The lowest BCUT2D eigenvalue weighted by molar-refractivity contribution is 0.226. The fourth-order valence-corrected chi connectivity index (χ4v) is 3.86. The van der Waals surface area contributed by atoms with Crippen molar-refractivity contribution >= 4 is 16.6 Å². The maximum Gasteiger partial charge on any atom is 0.161 e. The van der Waals surface area contributed by atoms with Crippen molar-refractivity contribution < 1.29 is 9.84 Å². The van der Waals surface area contributed by atoms with Crippen LogP contribution in [0.2, 0.25) is 0 Å². The molecular weight excluding hydrogens is 350 g/mol.